The average molecular weight is 380 g/mol. The van der Waals surface area contributed by atoms with Crippen LogP contribution in [0.3, 0.4) is 0 Å². The Morgan fingerprint density at radius 3 is 2.54 bits per heavy atom. The van der Waals surface area contributed by atoms with Crippen molar-refractivity contribution in [2.45, 2.75) is 38.9 Å². The molecule has 0 saturated carbocycles. The molecule has 2 heterocycles. The lowest BCUT2D eigenvalue weighted by Crippen LogP contribution is -2.25. The first kappa shape index (κ1) is 18.0. The van der Waals surface area contributed by atoms with Crippen LogP contribution in [0.1, 0.15) is 36.8 Å². The maximum absolute atomic E-state index is 11.6. The van der Waals surface area contributed by atoms with Gasteiger partial charge in [-0.2, -0.15) is 0 Å². The van der Waals surface area contributed by atoms with Gasteiger partial charge in [0, 0.05) is 12.3 Å². The SMILES string of the molecule is CC(C)c1nc2cc(COc3ccc(CC4OC(=O)NC4=O)cc3)ccc2o1. The third-order valence-corrected chi connectivity index (χ3v) is 4.48. The van der Waals surface area contributed by atoms with Crippen molar-refractivity contribution in [1.82, 2.24) is 10.3 Å². The molecule has 1 fully saturated rings. The largest absolute Gasteiger partial charge is 0.489 e. The number of hydrogen-bond donors (Lipinski definition) is 1. The highest BCUT2D eigenvalue weighted by Gasteiger charge is 2.31. The topological polar surface area (TPSA) is 90.7 Å². The quantitative estimate of drug-likeness (QED) is 0.701. The molecule has 7 heteroatoms. The summed E-state index contributed by atoms with van der Waals surface area (Å²) in [7, 11) is 0. The normalized spacial score (nSPS) is 16.5. The van der Waals surface area contributed by atoms with Gasteiger partial charge in [0.2, 0.25) is 0 Å². The van der Waals surface area contributed by atoms with Gasteiger partial charge in [-0.25, -0.2) is 9.78 Å². The maximum Gasteiger partial charge on any atom is 0.414 e. The van der Waals surface area contributed by atoms with Gasteiger partial charge in [0.1, 0.15) is 17.9 Å². The number of oxazole rings is 1. The van der Waals surface area contributed by atoms with Gasteiger partial charge in [-0.15, -0.1) is 0 Å². The van der Waals surface area contributed by atoms with Gasteiger partial charge in [-0.05, 0) is 35.4 Å². The second-order valence-electron chi connectivity index (χ2n) is 7.03. The number of aromatic nitrogens is 1. The number of rotatable bonds is 6. The third kappa shape index (κ3) is 3.83. The molecule has 1 saturated heterocycles. The Balaban J connectivity index is 1.37. The van der Waals surface area contributed by atoms with Gasteiger partial charge < -0.3 is 13.9 Å². The van der Waals surface area contributed by atoms with Gasteiger partial charge >= 0.3 is 6.09 Å². The lowest BCUT2D eigenvalue weighted by atomic mass is 10.1. The molecular formula is C21H20N2O5. The zero-order valence-electron chi connectivity index (χ0n) is 15.6. The lowest BCUT2D eigenvalue weighted by Gasteiger charge is -2.09. The van der Waals surface area contributed by atoms with Crippen molar-refractivity contribution in [3.63, 3.8) is 0 Å². The summed E-state index contributed by atoms with van der Waals surface area (Å²) in [6, 6.07) is 13.2. The van der Waals surface area contributed by atoms with Crippen LogP contribution in [0.25, 0.3) is 11.1 Å². The van der Waals surface area contributed by atoms with Crippen molar-refractivity contribution >= 4 is 23.1 Å². The average Bonchev–Trinajstić information content (AvgIpc) is 3.23. The second kappa shape index (κ2) is 7.34. The van der Waals surface area contributed by atoms with E-state index in [1.165, 1.54) is 0 Å². The van der Waals surface area contributed by atoms with Crippen molar-refractivity contribution in [3.8, 4) is 5.75 Å². The molecule has 2 amide bonds. The summed E-state index contributed by atoms with van der Waals surface area (Å²) < 4.78 is 16.5. The van der Waals surface area contributed by atoms with E-state index < -0.39 is 18.1 Å². The summed E-state index contributed by atoms with van der Waals surface area (Å²) in [4.78, 5) is 27.1. The second-order valence-corrected chi connectivity index (χ2v) is 7.03. The number of alkyl carbamates (subject to hydrolysis) is 1. The van der Waals surface area contributed by atoms with Crippen molar-refractivity contribution in [2.75, 3.05) is 0 Å². The number of imide groups is 1. The number of carbonyl (C=O) groups excluding carboxylic acids is 2. The Kier molecular flexibility index (Phi) is 4.73. The molecule has 0 radical (unpaired) electrons. The molecule has 1 aliphatic rings. The maximum atomic E-state index is 11.6. The van der Waals surface area contributed by atoms with Crippen LogP contribution >= 0.6 is 0 Å². The smallest absolute Gasteiger partial charge is 0.414 e. The van der Waals surface area contributed by atoms with E-state index in [4.69, 9.17) is 13.9 Å². The fourth-order valence-electron chi connectivity index (χ4n) is 2.96. The van der Waals surface area contributed by atoms with Crippen LogP contribution in [-0.2, 0) is 22.6 Å². The van der Waals surface area contributed by atoms with Crippen LogP contribution in [0.5, 0.6) is 5.75 Å². The molecule has 28 heavy (non-hydrogen) atoms. The first-order chi connectivity index (χ1) is 13.5. The molecule has 0 aliphatic carbocycles. The molecule has 144 valence electrons. The molecule has 3 aromatic rings. The fourth-order valence-corrected chi connectivity index (χ4v) is 2.96. The molecular weight excluding hydrogens is 360 g/mol. The summed E-state index contributed by atoms with van der Waals surface area (Å²) in [6.45, 7) is 4.49. The molecule has 1 aromatic heterocycles. The minimum absolute atomic E-state index is 0.240. The van der Waals surface area contributed by atoms with E-state index in [1.807, 2.05) is 56.3 Å². The van der Waals surface area contributed by atoms with Crippen molar-refractivity contribution in [2.24, 2.45) is 0 Å². The van der Waals surface area contributed by atoms with E-state index in [9.17, 15) is 9.59 Å². The third-order valence-electron chi connectivity index (χ3n) is 4.48. The number of cyclic esters (lactones) is 1. The number of fused-ring (bicyclic) bond motifs is 1. The molecule has 4 rings (SSSR count). The highest BCUT2D eigenvalue weighted by atomic mass is 16.6. The molecule has 1 aliphatic heterocycles. The van der Waals surface area contributed by atoms with E-state index in [2.05, 4.69) is 10.3 Å². The lowest BCUT2D eigenvalue weighted by molar-refractivity contribution is -0.123. The summed E-state index contributed by atoms with van der Waals surface area (Å²) >= 11 is 0. The Hall–Kier alpha value is -3.35. The monoisotopic (exact) mass is 380 g/mol. The minimum Gasteiger partial charge on any atom is -0.489 e. The highest BCUT2D eigenvalue weighted by Crippen LogP contribution is 2.23. The van der Waals surface area contributed by atoms with Gasteiger partial charge in [0.05, 0.1) is 0 Å². The first-order valence-electron chi connectivity index (χ1n) is 9.10. The van der Waals surface area contributed by atoms with Gasteiger partial charge in [0.15, 0.2) is 17.6 Å². The predicted molar refractivity (Wildman–Crippen MR) is 101 cm³/mol. The van der Waals surface area contributed by atoms with Gasteiger partial charge in [0.25, 0.3) is 5.91 Å². The molecule has 0 bridgehead atoms. The number of hydrogen-bond acceptors (Lipinski definition) is 6. The zero-order chi connectivity index (χ0) is 19.7. The number of nitrogens with zero attached hydrogens (tertiary/aromatic N) is 1. The zero-order valence-corrected chi connectivity index (χ0v) is 15.6. The van der Waals surface area contributed by atoms with Crippen LogP contribution in [-0.4, -0.2) is 23.1 Å². The van der Waals surface area contributed by atoms with Gasteiger partial charge in [-0.1, -0.05) is 32.0 Å². The molecule has 1 N–H and O–H groups in total. The van der Waals surface area contributed by atoms with Gasteiger partial charge in [-0.3, -0.25) is 10.1 Å². The number of amides is 2. The van der Waals surface area contributed by atoms with E-state index in [1.54, 1.807) is 0 Å². The van der Waals surface area contributed by atoms with E-state index >= 15 is 0 Å². The Morgan fingerprint density at radius 2 is 1.86 bits per heavy atom. The van der Waals surface area contributed by atoms with Crippen LogP contribution in [0, 0.1) is 0 Å². The summed E-state index contributed by atoms with van der Waals surface area (Å²) in [5, 5.41) is 2.12. The summed E-state index contributed by atoms with van der Waals surface area (Å²) in [6.07, 6.45) is -1.14. The van der Waals surface area contributed by atoms with Crippen LogP contribution in [0.15, 0.2) is 46.9 Å². The predicted octanol–water partition coefficient (Wildman–Crippen LogP) is 3.71. The van der Waals surface area contributed by atoms with E-state index in [-0.39, 0.29) is 5.92 Å². The molecule has 1 unspecified atom stereocenters. The molecule has 2 aromatic carbocycles. The number of nitrogens with one attached hydrogen (secondary N) is 1. The van der Waals surface area contributed by atoms with Crippen molar-refractivity contribution in [1.29, 1.82) is 0 Å². The first-order valence-corrected chi connectivity index (χ1v) is 9.10. The van der Waals surface area contributed by atoms with Crippen molar-refractivity contribution in [3.05, 3.63) is 59.5 Å². The fraction of sp³-hybridized carbons (Fsp3) is 0.286. The van der Waals surface area contributed by atoms with E-state index in [0.717, 1.165) is 28.1 Å². The number of benzene rings is 2. The Morgan fingerprint density at radius 1 is 1.11 bits per heavy atom. The van der Waals surface area contributed by atoms with E-state index in [0.29, 0.717) is 18.8 Å². The Labute approximate surface area is 161 Å². The molecule has 7 nitrogen and oxygen atoms in total. The van der Waals surface area contributed by atoms with Crippen LogP contribution in [0.4, 0.5) is 4.79 Å². The van der Waals surface area contributed by atoms with Crippen LogP contribution in [0.2, 0.25) is 0 Å². The molecule has 0 spiro atoms. The summed E-state index contributed by atoms with van der Waals surface area (Å²) in [5.41, 5.74) is 3.47. The minimum atomic E-state index is -0.774. The highest BCUT2D eigenvalue weighted by molar-refractivity contribution is 6.00. The summed E-state index contributed by atoms with van der Waals surface area (Å²) in [5.74, 6) is 1.27. The van der Waals surface area contributed by atoms with Crippen molar-refractivity contribution < 1.29 is 23.5 Å². The Bertz CT molecular complexity index is 1020. The van der Waals surface area contributed by atoms with Crippen LogP contribution < -0.4 is 10.1 Å². The number of carbonyl (C=O) groups is 2. The molecule has 1 atom stereocenters. The number of ether oxygens (including phenoxy) is 2. The standard InChI is InChI=1S/C21H20N2O5/c1-12(2)20-22-16-9-14(5-8-17(16)27-20)11-26-15-6-3-13(4-7-15)10-18-19(24)23-21(25)28-18/h3-9,12,18H,10-11H2,1-2H3,(H,23,24,25).